The van der Waals surface area contributed by atoms with Gasteiger partial charge in [0.1, 0.15) is 6.61 Å². The van der Waals surface area contributed by atoms with Gasteiger partial charge in [-0.2, -0.15) is 0 Å². The summed E-state index contributed by atoms with van der Waals surface area (Å²) >= 11 is 0. The molecule has 1 spiro atoms. The van der Waals surface area contributed by atoms with Gasteiger partial charge < -0.3 is 14.5 Å². The molecule has 0 unspecified atom stereocenters. The Kier molecular flexibility index (Phi) is 6.02. The number of rotatable bonds is 6. The number of hydrogen-bond donors (Lipinski definition) is 0. The summed E-state index contributed by atoms with van der Waals surface area (Å²) < 4.78 is 5.24. The van der Waals surface area contributed by atoms with Crippen molar-refractivity contribution in [3.8, 4) is 0 Å². The van der Waals surface area contributed by atoms with Crippen molar-refractivity contribution in [3.05, 3.63) is 0 Å². The fraction of sp³-hybridized carbons (Fsp3) is 0.938. The number of likely N-dealkylation sites (N-methyl/N-ethyl adjacent to an activating group) is 1. The van der Waals surface area contributed by atoms with Crippen molar-refractivity contribution in [1.82, 2.24) is 14.7 Å². The van der Waals surface area contributed by atoms with Crippen LogP contribution < -0.4 is 0 Å². The van der Waals surface area contributed by atoms with Gasteiger partial charge in [0.05, 0.1) is 0 Å². The van der Waals surface area contributed by atoms with Crippen LogP contribution in [-0.2, 0) is 9.53 Å². The first kappa shape index (κ1) is 16.7. The van der Waals surface area contributed by atoms with Gasteiger partial charge in [0.2, 0.25) is 5.91 Å². The van der Waals surface area contributed by atoms with Crippen molar-refractivity contribution < 1.29 is 9.53 Å². The summed E-state index contributed by atoms with van der Waals surface area (Å²) in [5.41, 5.74) is 0.360. The first-order valence-electron chi connectivity index (χ1n) is 8.33. The monoisotopic (exact) mass is 297 g/mol. The Bertz CT molecular complexity index is 338. The molecule has 0 atom stereocenters. The Morgan fingerprint density at radius 3 is 2.52 bits per heavy atom. The van der Waals surface area contributed by atoms with Gasteiger partial charge in [0.25, 0.3) is 0 Å². The largest absolute Gasteiger partial charge is 0.372 e. The van der Waals surface area contributed by atoms with Crippen LogP contribution in [0.15, 0.2) is 0 Å². The van der Waals surface area contributed by atoms with Crippen molar-refractivity contribution in [1.29, 1.82) is 0 Å². The minimum Gasteiger partial charge on any atom is -0.372 e. The number of likely N-dealkylation sites (tertiary alicyclic amines) is 2. The fourth-order valence-corrected chi connectivity index (χ4v) is 3.68. The molecule has 0 bridgehead atoms. The summed E-state index contributed by atoms with van der Waals surface area (Å²) in [5, 5.41) is 0. The minimum atomic E-state index is 0.157. The topological polar surface area (TPSA) is 36.0 Å². The van der Waals surface area contributed by atoms with E-state index in [0.717, 1.165) is 39.0 Å². The van der Waals surface area contributed by atoms with Gasteiger partial charge in [-0.15, -0.1) is 0 Å². The zero-order valence-electron chi connectivity index (χ0n) is 13.9. The van der Waals surface area contributed by atoms with Gasteiger partial charge in [-0.25, -0.2) is 0 Å². The lowest BCUT2D eigenvalue weighted by Crippen LogP contribution is -2.54. The summed E-state index contributed by atoms with van der Waals surface area (Å²) in [6.45, 7) is 8.07. The lowest BCUT2D eigenvalue weighted by molar-refractivity contribution is -0.138. The third kappa shape index (κ3) is 4.18. The third-order valence-electron chi connectivity index (χ3n) is 5.03. The number of piperidine rings is 1. The van der Waals surface area contributed by atoms with Crippen molar-refractivity contribution >= 4 is 5.91 Å². The van der Waals surface area contributed by atoms with Gasteiger partial charge in [0.15, 0.2) is 0 Å². The van der Waals surface area contributed by atoms with Crippen LogP contribution in [0.1, 0.15) is 32.6 Å². The summed E-state index contributed by atoms with van der Waals surface area (Å²) in [5.74, 6) is 0.157. The van der Waals surface area contributed by atoms with Crippen LogP contribution >= 0.6 is 0 Å². The number of amides is 1. The van der Waals surface area contributed by atoms with E-state index >= 15 is 0 Å². The molecule has 0 saturated carbocycles. The molecule has 0 aromatic heterocycles. The van der Waals surface area contributed by atoms with E-state index in [9.17, 15) is 4.79 Å². The number of ether oxygens (including phenoxy) is 1. The molecule has 1 amide bonds. The van der Waals surface area contributed by atoms with Crippen molar-refractivity contribution in [2.24, 2.45) is 0 Å². The highest BCUT2D eigenvalue weighted by Crippen LogP contribution is 2.38. The molecule has 122 valence electrons. The number of carbonyl (C=O) groups is 1. The van der Waals surface area contributed by atoms with Crippen molar-refractivity contribution in [2.45, 2.75) is 38.1 Å². The molecule has 2 fully saturated rings. The molecule has 0 aromatic rings. The van der Waals surface area contributed by atoms with E-state index in [1.165, 1.54) is 19.4 Å². The molecule has 2 heterocycles. The molecule has 0 aromatic carbocycles. The lowest BCUT2D eigenvalue weighted by atomic mass is 9.85. The predicted molar refractivity (Wildman–Crippen MR) is 84.4 cm³/mol. The maximum absolute atomic E-state index is 12.0. The molecule has 21 heavy (non-hydrogen) atoms. The average Bonchev–Trinajstić information content (AvgIpc) is 2.85. The second-order valence-corrected chi connectivity index (χ2v) is 6.64. The van der Waals surface area contributed by atoms with Gasteiger partial charge in [-0.1, -0.05) is 0 Å². The van der Waals surface area contributed by atoms with E-state index in [1.807, 2.05) is 11.8 Å². The smallest absolute Gasteiger partial charge is 0.248 e. The normalized spacial score (nSPS) is 22.4. The van der Waals surface area contributed by atoms with Crippen LogP contribution in [0, 0.1) is 0 Å². The fourth-order valence-electron chi connectivity index (χ4n) is 3.68. The Labute approximate surface area is 129 Å². The van der Waals surface area contributed by atoms with Crippen LogP contribution in [0.5, 0.6) is 0 Å². The van der Waals surface area contributed by atoms with Crippen LogP contribution in [0.25, 0.3) is 0 Å². The number of carbonyl (C=O) groups excluding carboxylic acids is 1. The highest BCUT2D eigenvalue weighted by Gasteiger charge is 2.43. The first-order chi connectivity index (χ1) is 10.1. The summed E-state index contributed by atoms with van der Waals surface area (Å²) in [7, 11) is 4.27. The standard InChI is InChI=1S/C16H31N3O2/c1-4-21-14-15(20)18-10-7-16(8-11-18)6-5-9-19(16)13-12-17(2)3/h4-14H2,1-3H3. The Morgan fingerprint density at radius 1 is 1.19 bits per heavy atom. The summed E-state index contributed by atoms with van der Waals surface area (Å²) in [4.78, 5) is 19.0. The Morgan fingerprint density at radius 2 is 1.90 bits per heavy atom. The molecule has 5 nitrogen and oxygen atoms in total. The molecular formula is C16H31N3O2. The summed E-state index contributed by atoms with van der Waals surface area (Å²) in [6, 6.07) is 0. The molecule has 2 saturated heterocycles. The van der Waals surface area contributed by atoms with E-state index in [2.05, 4.69) is 23.9 Å². The Hall–Kier alpha value is -0.650. The Balaban J connectivity index is 1.84. The molecule has 2 aliphatic rings. The van der Waals surface area contributed by atoms with Crippen molar-refractivity contribution in [3.63, 3.8) is 0 Å². The van der Waals surface area contributed by atoms with Gasteiger partial charge in [0, 0.05) is 38.3 Å². The molecule has 0 aliphatic carbocycles. The van der Waals surface area contributed by atoms with Crippen LogP contribution in [0.4, 0.5) is 0 Å². The molecule has 0 N–H and O–H groups in total. The third-order valence-corrected chi connectivity index (χ3v) is 5.03. The van der Waals surface area contributed by atoms with Crippen LogP contribution in [0.3, 0.4) is 0 Å². The summed E-state index contributed by atoms with van der Waals surface area (Å²) in [6.07, 6.45) is 4.85. The zero-order valence-corrected chi connectivity index (χ0v) is 13.9. The maximum Gasteiger partial charge on any atom is 0.248 e. The molecule has 5 heteroatoms. The molecule has 0 radical (unpaired) electrons. The maximum atomic E-state index is 12.0. The van der Waals surface area contributed by atoms with Crippen LogP contribution in [-0.4, -0.2) is 86.2 Å². The highest BCUT2D eigenvalue weighted by molar-refractivity contribution is 5.77. The van der Waals surface area contributed by atoms with E-state index in [1.54, 1.807) is 0 Å². The predicted octanol–water partition coefficient (Wildman–Crippen LogP) is 1.04. The zero-order chi connectivity index (χ0) is 15.3. The quantitative estimate of drug-likeness (QED) is 0.734. The highest BCUT2D eigenvalue weighted by atomic mass is 16.5. The molecular weight excluding hydrogens is 266 g/mol. The van der Waals surface area contributed by atoms with Gasteiger partial charge in [-0.3, -0.25) is 9.69 Å². The number of nitrogens with zero attached hydrogens (tertiary/aromatic N) is 3. The SMILES string of the molecule is CCOCC(=O)N1CCC2(CCCN2CCN(C)C)CC1. The van der Waals surface area contributed by atoms with Crippen molar-refractivity contribution in [2.75, 3.05) is 60.0 Å². The second kappa shape index (κ2) is 7.56. The minimum absolute atomic E-state index is 0.157. The first-order valence-corrected chi connectivity index (χ1v) is 8.33. The van der Waals surface area contributed by atoms with Gasteiger partial charge >= 0.3 is 0 Å². The molecule has 2 aliphatic heterocycles. The van der Waals surface area contributed by atoms with E-state index in [-0.39, 0.29) is 12.5 Å². The van der Waals surface area contributed by atoms with E-state index in [4.69, 9.17) is 4.74 Å². The van der Waals surface area contributed by atoms with Gasteiger partial charge in [-0.05, 0) is 53.2 Å². The average molecular weight is 297 g/mol. The molecule has 2 rings (SSSR count). The van der Waals surface area contributed by atoms with Crippen LogP contribution in [0.2, 0.25) is 0 Å². The van der Waals surface area contributed by atoms with E-state index < -0.39 is 0 Å². The second-order valence-electron chi connectivity index (χ2n) is 6.64. The number of hydrogen-bond acceptors (Lipinski definition) is 4. The lowest BCUT2D eigenvalue weighted by Gasteiger charge is -2.45. The van der Waals surface area contributed by atoms with E-state index in [0.29, 0.717) is 12.1 Å².